The first-order valence-corrected chi connectivity index (χ1v) is 13.7. The Morgan fingerprint density at radius 2 is 1.98 bits per heavy atom. The van der Waals surface area contributed by atoms with Crippen molar-refractivity contribution in [3.63, 3.8) is 0 Å². The highest BCUT2D eigenvalue weighted by molar-refractivity contribution is 5.92. The molecule has 0 spiro atoms. The van der Waals surface area contributed by atoms with Crippen LogP contribution in [0.25, 0.3) is 33.7 Å². The van der Waals surface area contributed by atoms with Crippen molar-refractivity contribution in [2.24, 2.45) is 7.05 Å². The quantitative estimate of drug-likeness (QED) is 0.288. The molecule has 0 bridgehead atoms. The van der Waals surface area contributed by atoms with E-state index in [0.717, 1.165) is 70.7 Å². The molecular formula is C30H34N8O2. The zero-order chi connectivity index (χ0) is 28.2. The van der Waals surface area contributed by atoms with Crippen LogP contribution in [0.5, 0.6) is 0 Å². The number of hydrogen-bond acceptors (Lipinski definition) is 7. The van der Waals surface area contributed by atoms with Crippen LogP contribution in [0.15, 0.2) is 35.0 Å². The van der Waals surface area contributed by atoms with Crippen molar-refractivity contribution >= 4 is 17.1 Å². The number of benzene rings is 1. The number of amides is 1. The van der Waals surface area contributed by atoms with Gasteiger partial charge in [0.05, 0.1) is 22.8 Å². The van der Waals surface area contributed by atoms with E-state index >= 15 is 0 Å². The van der Waals surface area contributed by atoms with Crippen LogP contribution in [0, 0.1) is 13.8 Å². The lowest BCUT2D eigenvalue weighted by molar-refractivity contribution is 0.0890. The van der Waals surface area contributed by atoms with Gasteiger partial charge in [0.1, 0.15) is 5.82 Å². The number of carbonyl (C=O) groups is 1. The number of fused-ring (bicyclic) bond motifs is 2. The minimum atomic E-state index is -0.341. The fourth-order valence-electron chi connectivity index (χ4n) is 5.53. The molecular weight excluding hydrogens is 504 g/mol. The van der Waals surface area contributed by atoms with Gasteiger partial charge in [-0.25, -0.2) is 9.97 Å². The van der Waals surface area contributed by atoms with Gasteiger partial charge in [-0.3, -0.25) is 9.48 Å². The number of imidazole rings is 1. The third-order valence-corrected chi connectivity index (χ3v) is 7.75. The molecule has 4 heterocycles. The Hall–Kier alpha value is -4.34. The van der Waals surface area contributed by atoms with Crippen molar-refractivity contribution < 1.29 is 9.32 Å². The summed E-state index contributed by atoms with van der Waals surface area (Å²) in [5.41, 5.74) is 8.72. The first-order chi connectivity index (χ1) is 19.1. The number of hydrogen-bond donors (Lipinski definition) is 2. The number of H-pyrrole nitrogens is 1. The van der Waals surface area contributed by atoms with E-state index in [1.807, 2.05) is 52.4 Å². The van der Waals surface area contributed by atoms with E-state index in [1.165, 1.54) is 5.56 Å². The molecule has 1 unspecified atom stereocenters. The lowest BCUT2D eigenvalue weighted by Gasteiger charge is -2.19. The highest BCUT2D eigenvalue weighted by Crippen LogP contribution is 2.35. The summed E-state index contributed by atoms with van der Waals surface area (Å²) in [7, 11) is 1.94. The summed E-state index contributed by atoms with van der Waals surface area (Å²) < 4.78 is 7.16. The van der Waals surface area contributed by atoms with Crippen LogP contribution >= 0.6 is 0 Å². The van der Waals surface area contributed by atoms with Crippen molar-refractivity contribution in [1.82, 2.24) is 40.2 Å². The smallest absolute Gasteiger partial charge is 0.315 e. The summed E-state index contributed by atoms with van der Waals surface area (Å²) >= 11 is 0. The van der Waals surface area contributed by atoms with Gasteiger partial charge in [-0.05, 0) is 55.9 Å². The monoisotopic (exact) mass is 538 g/mol. The molecule has 1 aliphatic carbocycles. The van der Waals surface area contributed by atoms with E-state index in [2.05, 4.69) is 48.7 Å². The van der Waals surface area contributed by atoms with Crippen molar-refractivity contribution in [3.05, 3.63) is 64.7 Å². The molecule has 0 fully saturated rings. The van der Waals surface area contributed by atoms with Crippen molar-refractivity contribution in [2.45, 2.75) is 71.8 Å². The fourth-order valence-corrected chi connectivity index (χ4v) is 5.53. The van der Waals surface area contributed by atoms with E-state index in [-0.39, 0.29) is 23.3 Å². The molecule has 40 heavy (non-hydrogen) atoms. The van der Waals surface area contributed by atoms with Gasteiger partial charge in [-0.1, -0.05) is 50.5 Å². The van der Waals surface area contributed by atoms with E-state index in [4.69, 9.17) is 9.51 Å². The molecule has 0 radical (unpaired) electrons. The van der Waals surface area contributed by atoms with Crippen molar-refractivity contribution in [2.75, 3.05) is 0 Å². The molecule has 10 nitrogen and oxygen atoms in total. The molecule has 6 rings (SSSR count). The normalized spacial score (nSPS) is 15.7. The molecule has 206 valence electrons. The van der Waals surface area contributed by atoms with Crippen LogP contribution in [-0.2, 0) is 18.9 Å². The van der Waals surface area contributed by atoms with Crippen LogP contribution < -0.4 is 5.32 Å². The summed E-state index contributed by atoms with van der Waals surface area (Å²) in [6, 6.07) is 8.38. The van der Waals surface area contributed by atoms with Crippen LogP contribution in [0.1, 0.15) is 85.1 Å². The number of aromatic amines is 1. The van der Waals surface area contributed by atoms with E-state index in [1.54, 1.807) is 6.20 Å². The fraction of sp³-hybridized carbons (Fsp3) is 0.400. The standard InChI is InChI=1S/C30H34N8O2/c1-16-23(17(2)38(6)36-16)25-33-24-21(13-14-31-26(24)34-25)19-11-12-20-18(15-19)9-7-8-10-22(20)32-27(39)28-35-29(37-40-28)30(3,4)5/h11-15,22H,7-10H2,1-6H3,(H,32,39)(H,31,33,34). The minimum absolute atomic E-state index is 0.000610. The summed E-state index contributed by atoms with van der Waals surface area (Å²) in [4.78, 5) is 30.3. The second kappa shape index (κ2) is 9.69. The maximum absolute atomic E-state index is 13.0. The first-order valence-electron chi connectivity index (χ1n) is 13.7. The Bertz CT molecular complexity index is 1740. The van der Waals surface area contributed by atoms with Crippen LogP contribution in [-0.4, -0.2) is 40.8 Å². The van der Waals surface area contributed by atoms with Crippen LogP contribution in [0.2, 0.25) is 0 Å². The molecule has 1 aliphatic rings. The first kappa shape index (κ1) is 25.9. The summed E-state index contributed by atoms with van der Waals surface area (Å²) in [5, 5.41) is 11.7. The molecule has 2 N–H and O–H groups in total. The van der Waals surface area contributed by atoms with Gasteiger partial charge in [0, 0.05) is 29.9 Å². The molecule has 0 saturated carbocycles. The van der Waals surface area contributed by atoms with Gasteiger partial charge in [-0.2, -0.15) is 10.1 Å². The Morgan fingerprint density at radius 3 is 2.70 bits per heavy atom. The number of carbonyl (C=O) groups excluding carboxylic acids is 1. The Balaban J connectivity index is 1.32. The predicted octanol–water partition coefficient (Wildman–Crippen LogP) is 5.52. The van der Waals surface area contributed by atoms with E-state index in [9.17, 15) is 4.79 Å². The molecule has 0 saturated heterocycles. The van der Waals surface area contributed by atoms with Gasteiger partial charge in [-0.15, -0.1) is 0 Å². The zero-order valence-corrected chi connectivity index (χ0v) is 23.8. The second-order valence-corrected chi connectivity index (χ2v) is 11.7. The average molecular weight is 539 g/mol. The second-order valence-electron chi connectivity index (χ2n) is 11.7. The number of rotatable bonds is 4. The Labute approximate surface area is 232 Å². The summed E-state index contributed by atoms with van der Waals surface area (Å²) in [5.74, 6) is 0.946. The molecule has 1 atom stereocenters. The lowest BCUT2D eigenvalue weighted by atomic mass is 9.94. The third kappa shape index (κ3) is 4.57. The number of aryl methyl sites for hydroxylation is 3. The highest BCUT2D eigenvalue weighted by Gasteiger charge is 2.27. The lowest BCUT2D eigenvalue weighted by Crippen LogP contribution is -2.29. The molecule has 4 aromatic heterocycles. The number of nitrogens with one attached hydrogen (secondary N) is 2. The third-order valence-electron chi connectivity index (χ3n) is 7.75. The van der Waals surface area contributed by atoms with E-state index < -0.39 is 0 Å². The SMILES string of the molecule is Cc1nn(C)c(C)c1-c1nc2nccc(-c3ccc4c(c3)CCCCC4NC(=O)c3nc(C(C)(C)C)no3)c2[nH]1. The number of aromatic nitrogens is 7. The highest BCUT2D eigenvalue weighted by atomic mass is 16.5. The molecule has 0 aliphatic heterocycles. The predicted molar refractivity (Wildman–Crippen MR) is 152 cm³/mol. The van der Waals surface area contributed by atoms with E-state index in [0.29, 0.717) is 11.5 Å². The molecule has 5 aromatic rings. The summed E-state index contributed by atoms with van der Waals surface area (Å²) in [6.45, 7) is 9.99. The van der Waals surface area contributed by atoms with Crippen LogP contribution in [0.4, 0.5) is 0 Å². The number of nitrogens with zero attached hydrogens (tertiary/aromatic N) is 6. The van der Waals surface area contributed by atoms with Gasteiger partial charge in [0.25, 0.3) is 0 Å². The largest absolute Gasteiger partial charge is 0.341 e. The Morgan fingerprint density at radius 1 is 1.15 bits per heavy atom. The van der Waals surface area contributed by atoms with Gasteiger partial charge >= 0.3 is 11.8 Å². The van der Waals surface area contributed by atoms with Gasteiger partial charge in [0.2, 0.25) is 0 Å². The van der Waals surface area contributed by atoms with Crippen LogP contribution in [0.3, 0.4) is 0 Å². The topological polar surface area (TPSA) is 127 Å². The molecule has 10 heteroatoms. The van der Waals surface area contributed by atoms with Gasteiger partial charge in [0.15, 0.2) is 11.5 Å². The maximum Gasteiger partial charge on any atom is 0.315 e. The number of pyridine rings is 1. The Kier molecular flexibility index (Phi) is 6.28. The summed E-state index contributed by atoms with van der Waals surface area (Å²) in [6.07, 6.45) is 5.67. The van der Waals surface area contributed by atoms with Crippen molar-refractivity contribution in [3.8, 4) is 22.5 Å². The van der Waals surface area contributed by atoms with Crippen molar-refractivity contribution in [1.29, 1.82) is 0 Å². The van der Waals surface area contributed by atoms with Gasteiger partial charge < -0.3 is 14.8 Å². The average Bonchev–Trinajstić information content (AvgIpc) is 3.59. The maximum atomic E-state index is 13.0. The molecule has 1 aromatic carbocycles. The molecule has 1 amide bonds. The minimum Gasteiger partial charge on any atom is -0.341 e. The zero-order valence-electron chi connectivity index (χ0n) is 23.8.